The van der Waals surface area contributed by atoms with Gasteiger partial charge in [-0.2, -0.15) is 26.3 Å². The van der Waals surface area contributed by atoms with Gasteiger partial charge in [0.1, 0.15) is 0 Å². The average Bonchev–Trinajstić information content (AvgIpc) is 2.34. The second kappa shape index (κ2) is 6.43. The Hall–Kier alpha value is -1.09. The molecule has 0 aliphatic rings. The molecule has 0 aromatic heterocycles. The molecule has 0 amide bonds. The Morgan fingerprint density at radius 3 is 1.61 bits per heavy atom. The molecule has 0 aliphatic heterocycles. The summed E-state index contributed by atoms with van der Waals surface area (Å²) < 4.78 is 90.6. The summed E-state index contributed by atoms with van der Waals surface area (Å²) >= 11 is 0. The molecule has 0 bridgehead atoms. The van der Waals surface area contributed by atoms with Crippen LogP contribution in [0.2, 0.25) is 0 Å². The molecule has 9 heteroatoms. The van der Waals surface area contributed by atoms with Crippen molar-refractivity contribution in [3.8, 4) is 0 Å². The van der Waals surface area contributed by atoms with Gasteiger partial charge < -0.3 is 0 Å². The maximum absolute atomic E-state index is 12.8. The molecule has 2 atom stereocenters. The van der Waals surface area contributed by atoms with E-state index in [1.807, 2.05) is 0 Å². The number of alkyl halides is 6. The van der Waals surface area contributed by atoms with Crippen LogP contribution in [0.3, 0.4) is 0 Å². The fourth-order valence-corrected chi connectivity index (χ4v) is 2.45. The number of halogens is 6. The summed E-state index contributed by atoms with van der Waals surface area (Å²) in [5.74, 6) is 0. The van der Waals surface area contributed by atoms with E-state index in [9.17, 15) is 30.6 Å². The minimum atomic E-state index is -4.90. The highest BCUT2D eigenvalue weighted by Gasteiger charge is 2.37. The van der Waals surface area contributed by atoms with Crippen LogP contribution in [0.15, 0.2) is 18.2 Å². The number of hydrogen-bond acceptors (Lipinski definition) is 1. The molecule has 0 fully saturated rings. The molecule has 0 saturated carbocycles. The van der Waals surface area contributed by atoms with E-state index < -0.39 is 45.3 Å². The minimum absolute atomic E-state index is 0.0664. The van der Waals surface area contributed by atoms with Gasteiger partial charge in [0, 0.05) is 6.04 Å². The zero-order valence-electron chi connectivity index (χ0n) is 12.9. The Labute approximate surface area is 132 Å². The van der Waals surface area contributed by atoms with Crippen LogP contribution in [-0.2, 0) is 23.3 Å². The van der Waals surface area contributed by atoms with Gasteiger partial charge in [-0.3, -0.25) is 0 Å². The lowest BCUT2D eigenvalue weighted by atomic mass is 10.0. The summed E-state index contributed by atoms with van der Waals surface area (Å²) in [6.07, 6.45) is -9.81. The van der Waals surface area contributed by atoms with Crippen LogP contribution in [-0.4, -0.2) is 8.96 Å². The third kappa shape index (κ3) is 5.49. The summed E-state index contributed by atoms with van der Waals surface area (Å²) in [4.78, 5) is 0. The van der Waals surface area contributed by atoms with E-state index in [0.717, 1.165) is 0 Å². The molecular formula is C14H17F6NOS. The molecule has 0 saturated heterocycles. The first-order valence-corrected chi connectivity index (χ1v) is 7.75. The lowest BCUT2D eigenvalue weighted by molar-refractivity contribution is -0.143. The first-order chi connectivity index (χ1) is 10.1. The van der Waals surface area contributed by atoms with Crippen LogP contribution >= 0.6 is 0 Å². The van der Waals surface area contributed by atoms with E-state index in [2.05, 4.69) is 4.72 Å². The maximum Gasteiger partial charge on any atom is 0.416 e. The van der Waals surface area contributed by atoms with Crippen LogP contribution in [0.5, 0.6) is 0 Å². The fraction of sp³-hybridized carbons (Fsp3) is 0.571. The first-order valence-electron chi connectivity index (χ1n) is 6.60. The summed E-state index contributed by atoms with van der Waals surface area (Å²) in [6, 6.07) is 0.384. The third-order valence-electron chi connectivity index (χ3n) is 2.95. The topological polar surface area (TPSA) is 29.1 Å². The van der Waals surface area contributed by atoms with E-state index >= 15 is 0 Å². The molecule has 0 heterocycles. The Bertz CT molecular complexity index is 556. The fourth-order valence-electron chi connectivity index (χ4n) is 1.63. The van der Waals surface area contributed by atoms with Gasteiger partial charge in [0.15, 0.2) is 0 Å². The molecule has 0 aliphatic carbocycles. The molecule has 1 aromatic carbocycles. The van der Waals surface area contributed by atoms with Gasteiger partial charge in [0.2, 0.25) is 0 Å². The Morgan fingerprint density at radius 2 is 1.30 bits per heavy atom. The van der Waals surface area contributed by atoms with E-state index in [1.54, 1.807) is 20.8 Å². The molecule has 0 unspecified atom stereocenters. The van der Waals surface area contributed by atoms with Crippen LogP contribution in [0, 0.1) is 0 Å². The van der Waals surface area contributed by atoms with Gasteiger partial charge in [-0.1, -0.05) is 0 Å². The summed E-state index contributed by atoms with van der Waals surface area (Å²) in [5, 5.41) is 0. The molecule has 1 rings (SSSR count). The average molecular weight is 361 g/mol. The lowest BCUT2D eigenvalue weighted by Gasteiger charge is -2.23. The Kier molecular flexibility index (Phi) is 5.58. The zero-order valence-corrected chi connectivity index (χ0v) is 13.7. The number of rotatable bonds is 3. The van der Waals surface area contributed by atoms with Gasteiger partial charge in [-0.05, 0) is 51.5 Å². The third-order valence-corrected chi connectivity index (χ3v) is 4.63. The Balaban J connectivity index is 3.27. The minimum Gasteiger partial charge on any atom is -0.242 e. The summed E-state index contributed by atoms with van der Waals surface area (Å²) in [5.41, 5.74) is -3.01. The van der Waals surface area contributed by atoms with Crippen molar-refractivity contribution in [3.05, 3.63) is 34.9 Å². The molecule has 2 nitrogen and oxygen atoms in total. The van der Waals surface area contributed by atoms with Crippen LogP contribution < -0.4 is 4.72 Å². The smallest absolute Gasteiger partial charge is 0.242 e. The lowest BCUT2D eigenvalue weighted by Crippen LogP contribution is -2.35. The summed E-state index contributed by atoms with van der Waals surface area (Å²) in [6.45, 7) is 6.27. The van der Waals surface area contributed by atoms with Crippen molar-refractivity contribution in [1.82, 2.24) is 4.72 Å². The van der Waals surface area contributed by atoms with Crippen LogP contribution in [0.4, 0.5) is 26.3 Å². The molecule has 1 aromatic rings. The highest BCUT2D eigenvalue weighted by atomic mass is 32.2. The first kappa shape index (κ1) is 20.0. The van der Waals surface area contributed by atoms with Crippen molar-refractivity contribution in [3.63, 3.8) is 0 Å². The quantitative estimate of drug-likeness (QED) is 0.767. The molecule has 0 spiro atoms. The van der Waals surface area contributed by atoms with E-state index in [-0.39, 0.29) is 11.6 Å². The maximum atomic E-state index is 12.8. The van der Waals surface area contributed by atoms with Crippen molar-refractivity contribution in [2.24, 2.45) is 0 Å². The molecule has 132 valence electrons. The van der Waals surface area contributed by atoms with Gasteiger partial charge >= 0.3 is 12.4 Å². The van der Waals surface area contributed by atoms with Crippen LogP contribution in [0.25, 0.3) is 0 Å². The van der Waals surface area contributed by atoms with Crippen molar-refractivity contribution in [1.29, 1.82) is 0 Å². The monoisotopic (exact) mass is 361 g/mol. The number of hydrogen-bond donors (Lipinski definition) is 1. The second-order valence-corrected chi connectivity index (χ2v) is 8.06. The second-order valence-electron chi connectivity index (χ2n) is 6.06. The predicted molar refractivity (Wildman–Crippen MR) is 75.9 cm³/mol. The number of nitrogens with one attached hydrogen (secondary N) is 1. The van der Waals surface area contributed by atoms with Crippen LogP contribution in [0.1, 0.15) is 50.4 Å². The van der Waals surface area contributed by atoms with Crippen molar-refractivity contribution < 1.29 is 30.6 Å². The standard InChI is InChI=1S/C14H17F6NOS/c1-8(21-23(22)12(2,3)4)9-5-10(13(15,16)17)7-11(6-9)14(18,19)20/h5-8,21H,1-4H3/t8-,23-/m1/s1. The normalized spacial score (nSPS) is 16.3. The van der Waals surface area contributed by atoms with Crippen molar-refractivity contribution in [2.75, 3.05) is 0 Å². The predicted octanol–water partition coefficient (Wildman–Crippen LogP) is 4.84. The van der Waals surface area contributed by atoms with Gasteiger partial charge in [0.05, 0.1) is 26.9 Å². The van der Waals surface area contributed by atoms with Crippen molar-refractivity contribution in [2.45, 2.75) is 50.8 Å². The molecule has 0 radical (unpaired) electrons. The van der Waals surface area contributed by atoms with E-state index in [1.165, 1.54) is 6.92 Å². The molecular weight excluding hydrogens is 344 g/mol. The molecule has 23 heavy (non-hydrogen) atoms. The van der Waals surface area contributed by atoms with Gasteiger partial charge in [0.25, 0.3) is 0 Å². The van der Waals surface area contributed by atoms with Gasteiger partial charge in [-0.25, -0.2) is 8.93 Å². The van der Waals surface area contributed by atoms with E-state index in [4.69, 9.17) is 0 Å². The SMILES string of the molecule is C[C@@H](N[S@](=O)C(C)(C)C)c1cc(C(F)(F)F)cc(C(F)(F)F)c1. The summed E-state index contributed by atoms with van der Waals surface area (Å²) in [7, 11) is -1.64. The van der Waals surface area contributed by atoms with E-state index in [0.29, 0.717) is 12.1 Å². The zero-order chi connectivity index (χ0) is 18.2. The number of benzene rings is 1. The highest BCUT2D eigenvalue weighted by Crippen LogP contribution is 2.37. The highest BCUT2D eigenvalue weighted by molar-refractivity contribution is 7.84. The van der Waals surface area contributed by atoms with Crippen molar-refractivity contribution >= 4 is 11.0 Å². The Morgan fingerprint density at radius 1 is 0.913 bits per heavy atom. The largest absolute Gasteiger partial charge is 0.416 e. The van der Waals surface area contributed by atoms with Gasteiger partial charge in [-0.15, -0.1) is 0 Å². The molecule has 1 N–H and O–H groups in total.